The average Bonchev–Trinajstić information content (AvgIpc) is 3.31. The first kappa shape index (κ1) is 21.0. The summed E-state index contributed by atoms with van der Waals surface area (Å²) in [5.41, 5.74) is 0.706. The summed E-state index contributed by atoms with van der Waals surface area (Å²) < 4.78 is 31.0. The number of hydrogen-bond donors (Lipinski definition) is 0. The Morgan fingerprint density at radius 1 is 0.970 bits per heavy atom. The molecule has 0 aliphatic carbocycles. The van der Waals surface area contributed by atoms with Crippen LogP contribution in [0.3, 0.4) is 0 Å². The zero-order valence-electron chi connectivity index (χ0n) is 17.3. The Hall–Kier alpha value is -3.92. The van der Waals surface area contributed by atoms with Gasteiger partial charge in [-0.05, 0) is 53.7 Å². The van der Waals surface area contributed by atoms with Gasteiger partial charge in [0.1, 0.15) is 11.6 Å². The molecule has 33 heavy (non-hydrogen) atoms. The molecule has 0 fully saturated rings. The minimum atomic E-state index is -0.863. The van der Waals surface area contributed by atoms with Crippen LogP contribution in [0.4, 0.5) is 8.78 Å². The number of thioether (sulfide) groups is 1. The standard InChI is InChI=1S/C23H16F2N6OS/c1-14(21-27-28-29-31(21)16-7-3-2-4-8-16)33-23-26-19-10-6-5-9-17(19)22(32)30(23)20-12-11-15(24)13-18(20)25/h2-14H,1H3. The van der Waals surface area contributed by atoms with Gasteiger partial charge in [0.05, 0.1) is 27.5 Å². The molecule has 0 aliphatic heterocycles. The monoisotopic (exact) mass is 462 g/mol. The van der Waals surface area contributed by atoms with Crippen LogP contribution in [0.25, 0.3) is 22.3 Å². The number of benzene rings is 3. The summed E-state index contributed by atoms with van der Waals surface area (Å²) in [5, 5.41) is 12.2. The molecule has 0 bridgehead atoms. The smallest absolute Gasteiger partial charge is 0.266 e. The maximum Gasteiger partial charge on any atom is 0.266 e. The number of tetrazole rings is 1. The van der Waals surface area contributed by atoms with Gasteiger partial charge in [-0.1, -0.05) is 42.1 Å². The fourth-order valence-corrected chi connectivity index (χ4v) is 4.48. The van der Waals surface area contributed by atoms with Crippen molar-refractivity contribution in [3.05, 3.63) is 101 Å². The van der Waals surface area contributed by atoms with Gasteiger partial charge >= 0.3 is 0 Å². The van der Waals surface area contributed by atoms with Gasteiger partial charge < -0.3 is 0 Å². The summed E-state index contributed by atoms with van der Waals surface area (Å²) in [6, 6.07) is 19.3. The number of hydrogen-bond acceptors (Lipinski definition) is 6. The van der Waals surface area contributed by atoms with Crippen LogP contribution in [-0.4, -0.2) is 29.8 Å². The normalized spacial score (nSPS) is 12.2. The second-order valence-corrected chi connectivity index (χ2v) is 8.50. The first-order valence-electron chi connectivity index (χ1n) is 10.0. The second-order valence-electron chi connectivity index (χ2n) is 7.19. The SMILES string of the molecule is CC(Sc1nc2ccccc2c(=O)n1-c1ccc(F)cc1F)c1nnnn1-c1ccccc1. The minimum Gasteiger partial charge on any atom is -0.268 e. The van der Waals surface area contributed by atoms with Crippen LogP contribution in [0.5, 0.6) is 0 Å². The number of fused-ring (bicyclic) bond motifs is 1. The second kappa shape index (κ2) is 8.55. The summed E-state index contributed by atoms with van der Waals surface area (Å²) in [7, 11) is 0. The largest absolute Gasteiger partial charge is 0.268 e. The average molecular weight is 462 g/mol. The summed E-state index contributed by atoms with van der Waals surface area (Å²) in [6.45, 7) is 1.86. The van der Waals surface area contributed by atoms with Crippen LogP contribution >= 0.6 is 11.8 Å². The van der Waals surface area contributed by atoms with Gasteiger partial charge in [-0.2, -0.15) is 4.68 Å². The molecule has 0 spiro atoms. The van der Waals surface area contributed by atoms with Crippen molar-refractivity contribution < 1.29 is 8.78 Å². The zero-order valence-corrected chi connectivity index (χ0v) is 18.1. The van der Waals surface area contributed by atoms with Gasteiger partial charge in [0, 0.05) is 6.07 Å². The lowest BCUT2D eigenvalue weighted by molar-refractivity contribution is 0.572. The molecule has 0 aliphatic rings. The van der Waals surface area contributed by atoms with Crippen LogP contribution in [0, 0.1) is 11.6 Å². The van der Waals surface area contributed by atoms with E-state index in [1.165, 1.54) is 17.8 Å². The molecule has 0 amide bonds. The van der Waals surface area contributed by atoms with E-state index < -0.39 is 17.2 Å². The van der Waals surface area contributed by atoms with E-state index in [1.807, 2.05) is 37.3 Å². The summed E-state index contributed by atoms with van der Waals surface area (Å²) >= 11 is 1.20. The molecule has 5 rings (SSSR count). The quantitative estimate of drug-likeness (QED) is 0.283. The lowest BCUT2D eigenvalue weighted by atomic mass is 10.2. The predicted molar refractivity (Wildman–Crippen MR) is 121 cm³/mol. The maximum atomic E-state index is 14.7. The van der Waals surface area contributed by atoms with E-state index in [-0.39, 0.29) is 16.1 Å². The van der Waals surface area contributed by atoms with Crippen LogP contribution in [-0.2, 0) is 0 Å². The topological polar surface area (TPSA) is 78.5 Å². The zero-order chi connectivity index (χ0) is 22.9. The number of para-hydroxylation sites is 2. The summed E-state index contributed by atoms with van der Waals surface area (Å²) in [6.07, 6.45) is 0. The lowest BCUT2D eigenvalue weighted by Gasteiger charge is -2.16. The Labute approximate surface area is 190 Å². The van der Waals surface area contributed by atoms with Gasteiger partial charge in [-0.3, -0.25) is 9.36 Å². The molecular formula is C23H16F2N6OS. The molecule has 0 saturated carbocycles. The molecule has 164 valence electrons. The van der Waals surface area contributed by atoms with Crippen molar-refractivity contribution >= 4 is 22.7 Å². The van der Waals surface area contributed by atoms with E-state index in [9.17, 15) is 13.6 Å². The van der Waals surface area contributed by atoms with Crippen LogP contribution < -0.4 is 5.56 Å². The van der Waals surface area contributed by atoms with Crippen molar-refractivity contribution in [1.82, 2.24) is 29.8 Å². The molecule has 7 nitrogen and oxygen atoms in total. The summed E-state index contributed by atoms with van der Waals surface area (Å²) in [4.78, 5) is 18.0. The fourth-order valence-electron chi connectivity index (χ4n) is 3.48. The van der Waals surface area contributed by atoms with E-state index in [1.54, 1.807) is 28.9 Å². The van der Waals surface area contributed by atoms with Gasteiger partial charge in [0.2, 0.25) is 0 Å². The highest BCUT2D eigenvalue weighted by Gasteiger charge is 2.22. The Bertz CT molecular complexity index is 1520. The van der Waals surface area contributed by atoms with Gasteiger partial charge in [0.15, 0.2) is 11.0 Å². The van der Waals surface area contributed by atoms with E-state index >= 15 is 0 Å². The van der Waals surface area contributed by atoms with E-state index in [0.29, 0.717) is 16.7 Å². The van der Waals surface area contributed by atoms with Crippen LogP contribution in [0.15, 0.2) is 82.7 Å². The van der Waals surface area contributed by atoms with E-state index in [4.69, 9.17) is 0 Å². The van der Waals surface area contributed by atoms with Crippen molar-refractivity contribution in [3.8, 4) is 11.4 Å². The molecule has 0 N–H and O–H groups in total. The van der Waals surface area contributed by atoms with E-state index in [0.717, 1.165) is 22.4 Å². The van der Waals surface area contributed by atoms with Crippen LogP contribution in [0.2, 0.25) is 0 Å². The molecule has 0 saturated heterocycles. The molecule has 10 heteroatoms. The molecule has 1 unspecified atom stereocenters. The Morgan fingerprint density at radius 3 is 2.52 bits per heavy atom. The summed E-state index contributed by atoms with van der Waals surface area (Å²) in [5.74, 6) is -1.07. The molecule has 5 aromatic rings. The maximum absolute atomic E-state index is 14.7. The van der Waals surface area contributed by atoms with Crippen molar-refractivity contribution in [2.24, 2.45) is 0 Å². The predicted octanol–water partition coefficient (Wildman–Crippen LogP) is 4.49. The first-order chi connectivity index (χ1) is 16.0. The van der Waals surface area contributed by atoms with Crippen molar-refractivity contribution in [3.63, 3.8) is 0 Å². The van der Waals surface area contributed by atoms with Gasteiger partial charge in [-0.25, -0.2) is 13.8 Å². The molecule has 2 heterocycles. The molecule has 0 radical (unpaired) electrons. The van der Waals surface area contributed by atoms with E-state index in [2.05, 4.69) is 20.5 Å². The van der Waals surface area contributed by atoms with Crippen molar-refractivity contribution in [2.75, 3.05) is 0 Å². The minimum absolute atomic E-state index is 0.0861. The number of aromatic nitrogens is 6. The fraction of sp³-hybridized carbons (Fsp3) is 0.0870. The Morgan fingerprint density at radius 2 is 1.73 bits per heavy atom. The van der Waals surface area contributed by atoms with Crippen molar-refractivity contribution in [2.45, 2.75) is 17.3 Å². The van der Waals surface area contributed by atoms with Crippen molar-refractivity contribution in [1.29, 1.82) is 0 Å². The highest BCUT2D eigenvalue weighted by atomic mass is 32.2. The lowest BCUT2D eigenvalue weighted by Crippen LogP contribution is -2.23. The highest BCUT2D eigenvalue weighted by Crippen LogP contribution is 2.34. The third-order valence-electron chi connectivity index (χ3n) is 5.04. The van der Waals surface area contributed by atoms with Gasteiger partial charge in [0.25, 0.3) is 5.56 Å². The molecule has 2 aromatic heterocycles. The van der Waals surface area contributed by atoms with Crippen LogP contribution in [0.1, 0.15) is 18.0 Å². The first-order valence-corrected chi connectivity index (χ1v) is 10.9. The Balaban J connectivity index is 1.64. The number of rotatable bonds is 5. The Kier molecular flexibility index (Phi) is 5.43. The molecular weight excluding hydrogens is 446 g/mol. The molecule has 1 atom stereocenters. The third kappa shape index (κ3) is 3.89. The number of nitrogens with zero attached hydrogens (tertiary/aromatic N) is 6. The molecule has 3 aromatic carbocycles. The number of halogens is 2. The highest BCUT2D eigenvalue weighted by molar-refractivity contribution is 7.99. The third-order valence-corrected chi connectivity index (χ3v) is 6.08. The van der Waals surface area contributed by atoms with Gasteiger partial charge in [-0.15, -0.1) is 5.10 Å².